The van der Waals surface area contributed by atoms with Gasteiger partial charge in [-0.05, 0) is 56.5 Å². The summed E-state index contributed by atoms with van der Waals surface area (Å²) in [5, 5.41) is 6.95. The molecular weight excluding hydrogens is 493 g/mol. The molecule has 0 saturated carbocycles. The highest BCUT2D eigenvalue weighted by molar-refractivity contribution is 14.0. The van der Waals surface area contributed by atoms with E-state index in [9.17, 15) is 4.79 Å². The summed E-state index contributed by atoms with van der Waals surface area (Å²) in [5.41, 5.74) is 1.98. The van der Waals surface area contributed by atoms with Crippen LogP contribution >= 0.6 is 24.0 Å². The molecule has 2 fully saturated rings. The molecule has 0 unspecified atom stereocenters. The maximum atomic E-state index is 12.0. The maximum absolute atomic E-state index is 12.0. The third-order valence-corrected chi connectivity index (χ3v) is 6.08. The van der Waals surface area contributed by atoms with Crippen LogP contribution in [-0.4, -0.2) is 81.2 Å². The average molecular weight is 529 g/mol. The molecular formula is C22H36IN5O2. The Morgan fingerprint density at radius 1 is 1.13 bits per heavy atom. The Bertz CT molecular complexity index is 696. The number of carbonyl (C=O) groups is 1. The summed E-state index contributed by atoms with van der Waals surface area (Å²) in [5.74, 6) is 0.828. The van der Waals surface area contributed by atoms with E-state index in [0.717, 1.165) is 44.1 Å². The normalized spacial score (nSPS) is 19.1. The SMILES string of the molecule is CN=C(NCc1ccc(C(=O)N(C)C)cc1)NCC1(N2CCCC2)CCOCC1.I. The molecule has 0 aliphatic carbocycles. The largest absolute Gasteiger partial charge is 0.381 e. The summed E-state index contributed by atoms with van der Waals surface area (Å²) >= 11 is 0. The summed E-state index contributed by atoms with van der Waals surface area (Å²) in [7, 11) is 5.34. The quantitative estimate of drug-likeness (QED) is 0.337. The first-order valence-electron chi connectivity index (χ1n) is 10.6. The number of hydrogen-bond acceptors (Lipinski definition) is 4. The van der Waals surface area contributed by atoms with E-state index in [1.165, 1.54) is 25.9 Å². The van der Waals surface area contributed by atoms with Crippen molar-refractivity contribution in [3.05, 3.63) is 35.4 Å². The van der Waals surface area contributed by atoms with Crippen LogP contribution in [0.4, 0.5) is 0 Å². The molecule has 0 aromatic heterocycles. The number of rotatable bonds is 6. The van der Waals surface area contributed by atoms with E-state index >= 15 is 0 Å². The van der Waals surface area contributed by atoms with Crippen molar-refractivity contribution in [2.24, 2.45) is 4.99 Å². The molecule has 7 nitrogen and oxygen atoms in total. The minimum Gasteiger partial charge on any atom is -0.381 e. The highest BCUT2D eigenvalue weighted by Gasteiger charge is 2.39. The third-order valence-electron chi connectivity index (χ3n) is 6.08. The van der Waals surface area contributed by atoms with Gasteiger partial charge in [-0.2, -0.15) is 0 Å². The van der Waals surface area contributed by atoms with Crippen molar-refractivity contribution >= 4 is 35.8 Å². The first-order valence-corrected chi connectivity index (χ1v) is 10.6. The molecule has 8 heteroatoms. The first-order chi connectivity index (χ1) is 14.0. The second-order valence-electron chi connectivity index (χ2n) is 8.21. The van der Waals surface area contributed by atoms with Gasteiger partial charge in [-0.1, -0.05) is 12.1 Å². The molecule has 2 saturated heterocycles. The fourth-order valence-electron chi connectivity index (χ4n) is 4.23. The number of aliphatic imine (C=N–C) groups is 1. The monoisotopic (exact) mass is 529 g/mol. The lowest BCUT2D eigenvalue weighted by Gasteiger charge is -2.45. The molecule has 1 aromatic carbocycles. The third kappa shape index (κ3) is 6.31. The van der Waals surface area contributed by atoms with E-state index in [1.54, 1.807) is 26.0 Å². The highest BCUT2D eigenvalue weighted by Crippen LogP contribution is 2.30. The van der Waals surface area contributed by atoms with Crippen LogP contribution < -0.4 is 10.6 Å². The van der Waals surface area contributed by atoms with Crippen molar-refractivity contribution in [1.29, 1.82) is 0 Å². The summed E-state index contributed by atoms with van der Waals surface area (Å²) in [4.78, 5) is 20.6. The molecule has 30 heavy (non-hydrogen) atoms. The number of ether oxygens (including phenoxy) is 1. The van der Waals surface area contributed by atoms with Gasteiger partial charge in [0.1, 0.15) is 0 Å². The molecule has 2 heterocycles. The number of nitrogens with zero attached hydrogens (tertiary/aromatic N) is 3. The number of benzene rings is 1. The van der Waals surface area contributed by atoms with E-state index in [2.05, 4.69) is 20.5 Å². The highest BCUT2D eigenvalue weighted by atomic mass is 127. The fourth-order valence-corrected chi connectivity index (χ4v) is 4.23. The van der Waals surface area contributed by atoms with E-state index in [0.29, 0.717) is 12.1 Å². The number of halogens is 1. The molecule has 0 spiro atoms. The lowest BCUT2D eigenvalue weighted by molar-refractivity contribution is -0.0164. The molecule has 0 bridgehead atoms. The number of carbonyl (C=O) groups excluding carboxylic acids is 1. The molecule has 2 aliphatic rings. The lowest BCUT2D eigenvalue weighted by atomic mass is 9.88. The minimum atomic E-state index is 0. The smallest absolute Gasteiger partial charge is 0.253 e. The van der Waals surface area contributed by atoms with Crippen molar-refractivity contribution in [2.45, 2.75) is 37.8 Å². The van der Waals surface area contributed by atoms with Crippen molar-refractivity contribution in [3.63, 3.8) is 0 Å². The van der Waals surface area contributed by atoms with Crippen molar-refractivity contribution in [1.82, 2.24) is 20.4 Å². The Morgan fingerprint density at radius 3 is 2.33 bits per heavy atom. The van der Waals surface area contributed by atoms with E-state index in [1.807, 2.05) is 24.3 Å². The predicted octanol–water partition coefficient (Wildman–Crippen LogP) is 2.32. The second-order valence-corrected chi connectivity index (χ2v) is 8.21. The van der Waals surface area contributed by atoms with Gasteiger partial charge in [0.05, 0.1) is 0 Å². The van der Waals surface area contributed by atoms with Gasteiger partial charge in [-0.15, -0.1) is 24.0 Å². The zero-order chi connectivity index (χ0) is 20.7. The molecule has 3 rings (SSSR count). The number of likely N-dealkylation sites (tertiary alicyclic amines) is 1. The van der Waals surface area contributed by atoms with E-state index in [-0.39, 0.29) is 35.4 Å². The van der Waals surface area contributed by atoms with Crippen molar-refractivity contribution in [3.8, 4) is 0 Å². The van der Waals surface area contributed by atoms with Crippen LogP contribution in [0, 0.1) is 0 Å². The summed E-state index contributed by atoms with van der Waals surface area (Å²) in [6, 6.07) is 7.72. The zero-order valence-electron chi connectivity index (χ0n) is 18.4. The van der Waals surface area contributed by atoms with Crippen LogP contribution in [0.3, 0.4) is 0 Å². The summed E-state index contributed by atoms with van der Waals surface area (Å²) in [6.07, 6.45) is 4.72. The van der Waals surface area contributed by atoms with Crippen LogP contribution in [0.1, 0.15) is 41.6 Å². The topological polar surface area (TPSA) is 69.2 Å². The molecule has 1 amide bonds. The van der Waals surface area contributed by atoms with Crippen LogP contribution in [-0.2, 0) is 11.3 Å². The first kappa shape index (κ1) is 24.9. The molecule has 2 aliphatic heterocycles. The predicted molar refractivity (Wildman–Crippen MR) is 132 cm³/mol. The van der Waals surface area contributed by atoms with Crippen LogP contribution in [0.25, 0.3) is 0 Å². The molecule has 0 radical (unpaired) electrons. The molecule has 168 valence electrons. The van der Waals surface area contributed by atoms with Crippen LogP contribution in [0.2, 0.25) is 0 Å². The molecule has 1 aromatic rings. The molecule has 0 atom stereocenters. The Hall–Kier alpha value is -1.39. The lowest BCUT2D eigenvalue weighted by Crippen LogP contribution is -2.58. The fraction of sp³-hybridized carbons (Fsp3) is 0.636. The van der Waals surface area contributed by atoms with Gasteiger partial charge < -0.3 is 20.3 Å². The maximum Gasteiger partial charge on any atom is 0.253 e. The number of hydrogen-bond donors (Lipinski definition) is 2. The van der Waals surface area contributed by atoms with Crippen LogP contribution in [0.5, 0.6) is 0 Å². The summed E-state index contributed by atoms with van der Waals surface area (Å²) < 4.78 is 5.64. The Balaban J connectivity index is 0.00000320. The van der Waals surface area contributed by atoms with Gasteiger partial charge in [0.2, 0.25) is 0 Å². The van der Waals surface area contributed by atoms with Gasteiger partial charge in [-0.3, -0.25) is 14.7 Å². The zero-order valence-corrected chi connectivity index (χ0v) is 20.8. The second kappa shape index (κ2) is 11.9. The molecule has 2 N–H and O–H groups in total. The van der Waals surface area contributed by atoms with E-state index < -0.39 is 0 Å². The van der Waals surface area contributed by atoms with Crippen LogP contribution in [0.15, 0.2) is 29.3 Å². The van der Waals surface area contributed by atoms with Gasteiger partial charge in [0.15, 0.2) is 5.96 Å². The van der Waals surface area contributed by atoms with Gasteiger partial charge in [-0.25, -0.2) is 0 Å². The standard InChI is InChI=1S/C22H35N5O2.HI/c1-23-21(24-16-18-6-8-19(9-7-18)20(28)26(2)3)25-17-22(10-14-29-15-11-22)27-12-4-5-13-27;/h6-9H,4-5,10-17H2,1-3H3,(H2,23,24,25);1H. The Morgan fingerprint density at radius 2 is 1.77 bits per heavy atom. The van der Waals surface area contributed by atoms with E-state index in [4.69, 9.17) is 4.74 Å². The average Bonchev–Trinajstić information content (AvgIpc) is 3.30. The Kier molecular flexibility index (Phi) is 9.83. The number of guanidine groups is 1. The number of amides is 1. The van der Waals surface area contributed by atoms with Gasteiger partial charge in [0, 0.05) is 58.5 Å². The van der Waals surface area contributed by atoms with Gasteiger partial charge in [0.25, 0.3) is 5.91 Å². The van der Waals surface area contributed by atoms with Gasteiger partial charge >= 0.3 is 0 Å². The minimum absolute atomic E-state index is 0. The summed E-state index contributed by atoms with van der Waals surface area (Å²) in [6.45, 7) is 5.59. The number of nitrogens with one attached hydrogen (secondary N) is 2. The van der Waals surface area contributed by atoms with Crippen molar-refractivity contribution in [2.75, 3.05) is 54.0 Å². The van der Waals surface area contributed by atoms with Crippen molar-refractivity contribution < 1.29 is 9.53 Å². The Labute approximate surface area is 197 Å².